The number of para-hydroxylation sites is 1. The Bertz CT molecular complexity index is 589. The van der Waals surface area contributed by atoms with Crippen LogP contribution >= 0.6 is 0 Å². The number of aromatic amines is 1. The summed E-state index contributed by atoms with van der Waals surface area (Å²) in [5.41, 5.74) is 1.32. The maximum absolute atomic E-state index is 12.0. The largest absolute Gasteiger partial charge is 0.480 e. The van der Waals surface area contributed by atoms with Crippen LogP contribution in [0, 0.1) is 0 Å². The number of carbonyl (C=O) groups is 2. The molecule has 0 saturated heterocycles. The molecule has 0 aliphatic rings. The molecule has 5 heteroatoms. The molecule has 0 spiro atoms. The number of H-pyrrole nitrogens is 1. The molecule has 2 rings (SSSR count). The fourth-order valence-corrected chi connectivity index (χ4v) is 1.83. The summed E-state index contributed by atoms with van der Waals surface area (Å²) in [6.07, 6.45) is 1.94. The van der Waals surface area contributed by atoms with Gasteiger partial charge in [0, 0.05) is 17.1 Å². The topological polar surface area (TPSA) is 82.2 Å². The van der Waals surface area contributed by atoms with Crippen LogP contribution in [0.1, 0.15) is 23.7 Å². The van der Waals surface area contributed by atoms with E-state index in [1.165, 1.54) is 0 Å². The molecule has 0 bridgehead atoms. The molecule has 1 aromatic heterocycles. The zero-order valence-corrected chi connectivity index (χ0v) is 9.93. The van der Waals surface area contributed by atoms with Crippen molar-refractivity contribution in [2.45, 2.75) is 19.4 Å². The first-order valence-electron chi connectivity index (χ1n) is 5.73. The summed E-state index contributed by atoms with van der Waals surface area (Å²) in [6, 6.07) is 6.53. The molecule has 1 aromatic carbocycles. The minimum Gasteiger partial charge on any atom is -0.480 e. The number of fused-ring (bicyclic) bond motifs is 1. The molecule has 0 fully saturated rings. The van der Waals surface area contributed by atoms with Crippen LogP contribution in [0.5, 0.6) is 0 Å². The number of amides is 1. The van der Waals surface area contributed by atoms with Gasteiger partial charge in [0.25, 0.3) is 5.91 Å². The molecule has 1 amide bonds. The fraction of sp³-hybridized carbons (Fsp3) is 0.231. The first-order chi connectivity index (χ1) is 8.63. The van der Waals surface area contributed by atoms with Crippen molar-refractivity contribution in [3.05, 3.63) is 36.0 Å². The summed E-state index contributed by atoms with van der Waals surface area (Å²) < 4.78 is 0. The third kappa shape index (κ3) is 2.20. The smallest absolute Gasteiger partial charge is 0.326 e. The van der Waals surface area contributed by atoms with Crippen LogP contribution in [0.15, 0.2) is 30.5 Å². The van der Waals surface area contributed by atoms with Crippen LogP contribution in [0.25, 0.3) is 10.9 Å². The van der Waals surface area contributed by atoms with Crippen molar-refractivity contribution in [1.82, 2.24) is 10.3 Å². The van der Waals surface area contributed by atoms with E-state index in [0.29, 0.717) is 12.0 Å². The summed E-state index contributed by atoms with van der Waals surface area (Å²) >= 11 is 0. The normalized spacial score (nSPS) is 12.3. The first-order valence-corrected chi connectivity index (χ1v) is 5.73. The minimum absolute atomic E-state index is 0.351. The number of aromatic nitrogens is 1. The molecule has 1 atom stereocenters. The van der Waals surface area contributed by atoms with E-state index in [2.05, 4.69) is 10.3 Å². The van der Waals surface area contributed by atoms with Gasteiger partial charge >= 0.3 is 5.97 Å². The van der Waals surface area contributed by atoms with E-state index in [-0.39, 0.29) is 5.91 Å². The Morgan fingerprint density at radius 2 is 2.11 bits per heavy atom. The lowest BCUT2D eigenvalue weighted by atomic mass is 10.1. The second-order valence-corrected chi connectivity index (χ2v) is 4.02. The van der Waals surface area contributed by atoms with Gasteiger partial charge in [-0.2, -0.15) is 0 Å². The molecule has 0 aliphatic carbocycles. The fourth-order valence-electron chi connectivity index (χ4n) is 1.83. The van der Waals surface area contributed by atoms with Gasteiger partial charge in [-0.05, 0) is 12.5 Å². The Hall–Kier alpha value is -2.30. The molecule has 0 saturated carbocycles. The summed E-state index contributed by atoms with van der Waals surface area (Å²) in [5, 5.41) is 12.2. The molecule has 94 valence electrons. The number of rotatable bonds is 4. The Morgan fingerprint density at radius 3 is 2.78 bits per heavy atom. The standard InChI is InChI=1S/C13H14N2O3/c1-2-10(13(17)18)15-12(16)9-7-14-11-6-4-3-5-8(9)11/h3-7,10,14H,2H2,1H3,(H,15,16)(H,17,18)/t10-/m1/s1. The number of nitrogens with one attached hydrogen (secondary N) is 2. The van der Waals surface area contributed by atoms with Gasteiger partial charge in [-0.15, -0.1) is 0 Å². The molecule has 2 aromatic rings. The third-order valence-electron chi connectivity index (χ3n) is 2.85. The van der Waals surface area contributed by atoms with Crippen LogP contribution in [-0.4, -0.2) is 28.0 Å². The average molecular weight is 246 g/mol. The van der Waals surface area contributed by atoms with Gasteiger partial charge in [0.2, 0.25) is 0 Å². The van der Waals surface area contributed by atoms with Gasteiger partial charge in [-0.25, -0.2) is 4.79 Å². The number of carbonyl (C=O) groups excluding carboxylic acids is 1. The highest BCUT2D eigenvalue weighted by molar-refractivity contribution is 6.07. The molecule has 5 nitrogen and oxygen atoms in total. The van der Waals surface area contributed by atoms with E-state index >= 15 is 0 Å². The number of aliphatic carboxylic acids is 1. The highest BCUT2D eigenvalue weighted by atomic mass is 16.4. The summed E-state index contributed by atoms with van der Waals surface area (Å²) in [6.45, 7) is 1.72. The lowest BCUT2D eigenvalue weighted by Gasteiger charge is -2.11. The molecule has 1 heterocycles. The van der Waals surface area contributed by atoms with Gasteiger partial charge < -0.3 is 15.4 Å². The van der Waals surface area contributed by atoms with Crippen molar-refractivity contribution in [2.75, 3.05) is 0 Å². The van der Waals surface area contributed by atoms with Crippen molar-refractivity contribution < 1.29 is 14.7 Å². The second kappa shape index (κ2) is 4.91. The summed E-state index contributed by atoms with van der Waals surface area (Å²) in [5.74, 6) is -1.40. The predicted octanol–water partition coefficient (Wildman–Crippen LogP) is 1.76. The molecule has 18 heavy (non-hydrogen) atoms. The van der Waals surface area contributed by atoms with Crippen molar-refractivity contribution in [2.24, 2.45) is 0 Å². The number of carboxylic acid groups (broad SMARTS) is 1. The second-order valence-electron chi connectivity index (χ2n) is 4.02. The Labute approximate surface area is 104 Å². The van der Waals surface area contributed by atoms with Gasteiger partial charge in [0.05, 0.1) is 5.56 Å². The van der Waals surface area contributed by atoms with Crippen molar-refractivity contribution in [3.63, 3.8) is 0 Å². The van der Waals surface area contributed by atoms with Crippen molar-refractivity contribution in [1.29, 1.82) is 0 Å². The SMILES string of the molecule is CC[C@@H](NC(=O)c1c[nH]c2ccccc12)C(=O)O. The average Bonchev–Trinajstić information content (AvgIpc) is 2.79. The highest BCUT2D eigenvalue weighted by Crippen LogP contribution is 2.17. The van der Waals surface area contributed by atoms with Crippen LogP contribution < -0.4 is 5.32 Å². The maximum Gasteiger partial charge on any atom is 0.326 e. The molecular formula is C13H14N2O3. The Morgan fingerprint density at radius 1 is 1.39 bits per heavy atom. The minimum atomic E-state index is -1.02. The van der Waals surface area contributed by atoms with Crippen molar-refractivity contribution >= 4 is 22.8 Å². The number of carboxylic acids is 1. The molecule has 3 N–H and O–H groups in total. The maximum atomic E-state index is 12.0. The van der Waals surface area contributed by atoms with E-state index in [1.807, 2.05) is 24.3 Å². The van der Waals surface area contributed by atoms with Gasteiger partial charge in [-0.1, -0.05) is 25.1 Å². The first kappa shape index (κ1) is 12.2. The highest BCUT2D eigenvalue weighted by Gasteiger charge is 2.20. The predicted molar refractivity (Wildman–Crippen MR) is 67.5 cm³/mol. The Balaban J connectivity index is 2.26. The monoisotopic (exact) mass is 246 g/mol. The third-order valence-corrected chi connectivity index (χ3v) is 2.85. The Kier molecular flexibility index (Phi) is 3.32. The van der Waals surface area contributed by atoms with Gasteiger partial charge in [0.1, 0.15) is 6.04 Å². The zero-order valence-electron chi connectivity index (χ0n) is 9.93. The van der Waals surface area contributed by atoms with E-state index in [1.54, 1.807) is 13.1 Å². The van der Waals surface area contributed by atoms with E-state index in [4.69, 9.17) is 5.11 Å². The molecular weight excluding hydrogens is 232 g/mol. The van der Waals surface area contributed by atoms with Crippen LogP contribution in [0.3, 0.4) is 0 Å². The van der Waals surface area contributed by atoms with E-state index in [9.17, 15) is 9.59 Å². The quantitative estimate of drug-likeness (QED) is 0.768. The summed E-state index contributed by atoms with van der Waals surface area (Å²) in [7, 11) is 0. The van der Waals surface area contributed by atoms with Crippen LogP contribution in [0.2, 0.25) is 0 Å². The molecule has 0 radical (unpaired) electrons. The molecule has 0 aliphatic heterocycles. The summed E-state index contributed by atoms with van der Waals surface area (Å²) in [4.78, 5) is 25.9. The lowest BCUT2D eigenvalue weighted by molar-refractivity contribution is -0.139. The van der Waals surface area contributed by atoms with Crippen LogP contribution in [-0.2, 0) is 4.79 Å². The van der Waals surface area contributed by atoms with Crippen molar-refractivity contribution in [3.8, 4) is 0 Å². The number of hydrogen-bond acceptors (Lipinski definition) is 2. The number of benzene rings is 1. The van der Waals surface area contributed by atoms with Crippen LogP contribution in [0.4, 0.5) is 0 Å². The van der Waals surface area contributed by atoms with E-state index in [0.717, 1.165) is 10.9 Å². The van der Waals surface area contributed by atoms with Gasteiger partial charge in [-0.3, -0.25) is 4.79 Å². The number of hydrogen-bond donors (Lipinski definition) is 3. The lowest BCUT2D eigenvalue weighted by Crippen LogP contribution is -2.40. The zero-order chi connectivity index (χ0) is 13.1. The molecule has 0 unspecified atom stereocenters. The van der Waals surface area contributed by atoms with E-state index < -0.39 is 12.0 Å². The van der Waals surface area contributed by atoms with Gasteiger partial charge in [0.15, 0.2) is 0 Å².